The van der Waals surface area contributed by atoms with Crippen LogP contribution in [0.1, 0.15) is 11.1 Å². The molecule has 2 nitrogen and oxygen atoms in total. The van der Waals surface area contributed by atoms with E-state index < -0.39 is 0 Å². The number of amides is 1. The zero-order valence-corrected chi connectivity index (χ0v) is 11.7. The Hall–Kier alpha value is -2.87. The number of hydrogen-bond acceptors (Lipinski definition) is 1. The van der Waals surface area contributed by atoms with E-state index in [1.54, 1.807) is 12.4 Å². The Morgan fingerprint density at radius 3 is 1.62 bits per heavy atom. The second-order valence-corrected chi connectivity index (χ2v) is 4.40. The molecule has 2 aromatic carbocycles. The highest BCUT2D eigenvalue weighted by atomic mass is 16.2. The molecule has 21 heavy (non-hydrogen) atoms. The van der Waals surface area contributed by atoms with Crippen molar-refractivity contribution >= 4 is 18.1 Å². The van der Waals surface area contributed by atoms with E-state index in [-0.39, 0.29) is 5.91 Å². The minimum atomic E-state index is -0.172. The Labute approximate surface area is 125 Å². The van der Waals surface area contributed by atoms with Crippen LogP contribution in [0.3, 0.4) is 0 Å². The molecule has 1 amide bonds. The van der Waals surface area contributed by atoms with Gasteiger partial charge in [-0.25, -0.2) is 0 Å². The molecule has 0 bridgehead atoms. The summed E-state index contributed by atoms with van der Waals surface area (Å²) >= 11 is 0. The van der Waals surface area contributed by atoms with Crippen LogP contribution in [-0.4, -0.2) is 10.8 Å². The van der Waals surface area contributed by atoms with E-state index in [1.165, 1.54) is 11.0 Å². The summed E-state index contributed by atoms with van der Waals surface area (Å²) in [4.78, 5) is 13.4. The van der Waals surface area contributed by atoms with Crippen LogP contribution in [0.25, 0.3) is 12.2 Å². The average molecular weight is 275 g/mol. The Kier molecular flexibility index (Phi) is 5.30. The molecular formula is C19H17NO. The highest BCUT2D eigenvalue weighted by Gasteiger charge is 2.02. The van der Waals surface area contributed by atoms with Crippen molar-refractivity contribution < 1.29 is 4.79 Å². The molecule has 0 unspecified atom stereocenters. The van der Waals surface area contributed by atoms with Gasteiger partial charge in [0.2, 0.25) is 0 Å². The second kappa shape index (κ2) is 7.65. The molecule has 0 aliphatic heterocycles. The summed E-state index contributed by atoms with van der Waals surface area (Å²) in [7, 11) is 0. The third-order valence-corrected chi connectivity index (χ3v) is 2.88. The van der Waals surface area contributed by atoms with Gasteiger partial charge in [0.25, 0.3) is 5.91 Å². The van der Waals surface area contributed by atoms with Gasteiger partial charge < -0.3 is 0 Å². The van der Waals surface area contributed by atoms with Gasteiger partial charge in [-0.15, -0.1) is 0 Å². The molecule has 2 rings (SSSR count). The summed E-state index contributed by atoms with van der Waals surface area (Å²) in [6.45, 7) is 3.53. The predicted molar refractivity (Wildman–Crippen MR) is 88.0 cm³/mol. The number of nitrogens with zero attached hydrogens (tertiary/aromatic N) is 1. The van der Waals surface area contributed by atoms with Crippen LogP contribution >= 0.6 is 0 Å². The number of rotatable bonds is 5. The van der Waals surface area contributed by atoms with Crippen molar-refractivity contribution in [1.82, 2.24) is 4.90 Å². The number of benzene rings is 2. The maximum atomic E-state index is 11.9. The summed E-state index contributed by atoms with van der Waals surface area (Å²) in [5, 5.41) is 0. The van der Waals surface area contributed by atoms with Gasteiger partial charge >= 0.3 is 0 Å². The minimum absolute atomic E-state index is 0.172. The first-order chi connectivity index (χ1) is 10.3. The summed E-state index contributed by atoms with van der Waals surface area (Å²) in [5.41, 5.74) is 2.07. The summed E-state index contributed by atoms with van der Waals surface area (Å²) in [5.74, 6) is -0.172. The predicted octanol–water partition coefficient (Wildman–Crippen LogP) is 4.34. The third kappa shape index (κ3) is 4.62. The smallest absolute Gasteiger partial charge is 0.253 e. The summed E-state index contributed by atoms with van der Waals surface area (Å²) in [6, 6.07) is 19.7. The van der Waals surface area contributed by atoms with Gasteiger partial charge in [-0.1, -0.05) is 67.2 Å². The molecule has 0 N–H and O–H groups in total. The van der Waals surface area contributed by atoms with Gasteiger partial charge in [0.15, 0.2) is 0 Å². The number of carbonyl (C=O) groups is 1. The summed E-state index contributed by atoms with van der Waals surface area (Å²) < 4.78 is 0. The lowest BCUT2D eigenvalue weighted by Gasteiger charge is -2.10. The largest absolute Gasteiger partial charge is 0.291 e. The third-order valence-electron chi connectivity index (χ3n) is 2.88. The molecule has 0 spiro atoms. The number of carbonyl (C=O) groups excluding carboxylic acids is 1. The molecule has 0 fully saturated rings. The van der Waals surface area contributed by atoms with E-state index in [4.69, 9.17) is 0 Å². The van der Waals surface area contributed by atoms with E-state index in [2.05, 4.69) is 6.58 Å². The maximum Gasteiger partial charge on any atom is 0.253 e. The van der Waals surface area contributed by atoms with Crippen LogP contribution in [0.15, 0.2) is 85.7 Å². The van der Waals surface area contributed by atoms with Crippen molar-refractivity contribution in [2.75, 3.05) is 0 Å². The molecule has 104 valence electrons. The number of hydrogen-bond donors (Lipinski definition) is 0. The van der Waals surface area contributed by atoms with Gasteiger partial charge in [-0.2, -0.15) is 0 Å². The molecule has 0 aliphatic rings. The quantitative estimate of drug-likeness (QED) is 0.743. The average Bonchev–Trinajstić information content (AvgIpc) is 2.56. The van der Waals surface area contributed by atoms with Gasteiger partial charge in [0.05, 0.1) is 0 Å². The van der Waals surface area contributed by atoms with Crippen LogP contribution < -0.4 is 0 Å². The van der Waals surface area contributed by atoms with E-state index in [1.807, 2.05) is 72.8 Å². The minimum Gasteiger partial charge on any atom is -0.291 e. The Morgan fingerprint density at radius 2 is 1.24 bits per heavy atom. The monoisotopic (exact) mass is 275 g/mol. The zero-order chi connectivity index (χ0) is 14.9. The van der Waals surface area contributed by atoms with Crippen molar-refractivity contribution in [3.8, 4) is 0 Å². The fourth-order valence-corrected chi connectivity index (χ4v) is 1.76. The highest BCUT2D eigenvalue weighted by Crippen LogP contribution is 2.07. The van der Waals surface area contributed by atoms with Crippen molar-refractivity contribution in [1.29, 1.82) is 0 Å². The molecule has 0 atom stereocenters. The van der Waals surface area contributed by atoms with Crippen molar-refractivity contribution in [3.05, 3.63) is 96.8 Å². The Bertz CT molecular complexity index is 592. The second-order valence-electron chi connectivity index (χ2n) is 4.40. The molecule has 0 aromatic heterocycles. The topological polar surface area (TPSA) is 20.3 Å². The molecule has 0 heterocycles. The van der Waals surface area contributed by atoms with E-state index in [0.29, 0.717) is 0 Å². The fraction of sp³-hybridized carbons (Fsp3) is 0. The first-order valence-electron chi connectivity index (χ1n) is 6.71. The molecule has 0 saturated carbocycles. The lowest BCUT2D eigenvalue weighted by Crippen LogP contribution is -2.16. The SMILES string of the molecule is C=CC(=O)N(C=Cc1ccccc1)C=Cc1ccccc1. The summed E-state index contributed by atoms with van der Waals surface area (Å²) in [6.07, 6.45) is 8.54. The van der Waals surface area contributed by atoms with Crippen LogP contribution in [-0.2, 0) is 4.79 Å². The highest BCUT2D eigenvalue weighted by molar-refractivity contribution is 5.89. The molecule has 0 saturated heterocycles. The lowest BCUT2D eigenvalue weighted by molar-refractivity contribution is -0.121. The Morgan fingerprint density at radius 1 is 0.810 bits per heavy atom. The fourth-order valence-electron chi connectivity index (χ4n) is 1.76. The first kappa shape index (κ1) is 14.5. The lowest BCUT2D eigenvalue weighted by atomic mass is 10.2. The molecule has 2 heteroatoms. The van der Waals surface area contributed by atoms with Gasteiger partial charge in [0, 0.05) is 12.4 Å². The van der Waals surface area contributed by atoms with Gasteiger partial charge in [0.1, 0.15) is 0 Å². The van der Waals surface area contributed by atoms with E-state index in [0.717, 1.165) is 11.1 Å². The van der Waals surface area contributed by atoms with Gasteiger partial charge in [-0.05, 0) is 29.4 Å². The normalized spacial score (nSPS) is 10.9. The van der Waals surface area contributed by atoms with Crippen LogP contribution in [0, 0.1) is 0 Å². The molecular weight excluding hydrogens is 258 g/mol. The van der Waals surface area contributed by atoms with Crippen LogP contribution in [0.4, 0.5) is 0 Å². The van der Waals surface area contributed by atoms with Crippen LogP contribution in [0.2, 0.25) is 0 Å². The van der Waals surface area contributed by atoms with E-state index >= 15 is 0 Å². The zero-order valence-electron chi connectivity index (χ0n) is 11.7. The van der Waals surface area contributed by atoms with Crippen molar-refractivity contribution in [2.45, 2.75) is 0 Å². The molecule has 0 radical (unpaired) electrons. The van der Waals surface area contributed by atoms with Crippen molar-refractivity contribution in [3.63, 3.8) is 0 Å². The molecule has 2 aromatic rings. The van der Waals surface area contributed by atoms with Crippen LogP contribution in [0.5, 0.6) is 0 Å². The van der Waals surface area contributed by atoms with Gasteiger partial charge in [-0.3, -0.25) is 9.69 Å². The standard InChI is InChI=1S/C19H17NO/c1-2-19(21)20(15-13-17-9-5-3-6-10-17)16-14-18-11-7-4-8-12-18/h2-16H,1H2. The van der Waals surface area contributed by atoms with E-state index in [9.17, 15) is 4.79 Å². The van der Waals surface area contributed by atoms with Crippen molar-refractivity contribution in [2.24, 2.45) is 0 Å². The first-order valence-corrected chi connectivity index (χ1v) is 6.71. The maximum absolute atomic E-state index is 11.9. The Balaban J connectivity index is 2.15. The molecule has 0 aliphatic carbocycles.